The van der Waals surface area contributed by atoms with Crippen molar-refractivity contribution in [3.8, 4) is 12.3 Å². The Kier molecular flexibility index (Phi) is 4.77. The van der Waals surface area contributed by atoms with Gasteiger partial charge in [0.1, 0.15) is 12.1 Å². The molecule has 0 radical (unpaired) electrons. The fraction of sp³-hybridized carbons (Fsp3) is 0.714. The lowest BCUT2D eigenvalue weighted by molar-refractivity contribution is -0.151. The van der Waals surface area contributed by atoms with Gasteiger partial charge in [0.05, 0.1) is 6.04 Å². The largest absolute Gasteiger partial charge is 0.342 e. The van der Waals surface area contributed by atoms with Crippen molar-refractivity contribution in [3.05, 3.63) is 0 Å². The third-order valence-corrected chi connectivity index (χ3v) is 3.37. The van der Waals surface area contributed by atoms with E-state index in [0.29, 0.717) is 0 Å². The second kappa shape index (κ2) is 5.90. The first kappa shape index (κ1) is 14.6. The van der Waals surface area contributed by atoms with Crippen LogP contribution in [0.2, 0.25) is 0 Å². The summed E-state index contributed by atoms with van der Waals surface area (Å²) in [4.78, 5) is 25.9. The molecule has 18 heavy (non-hydrogen) atoms. The lowest BCUT2D eigenvalue weighted by atomic mass is 9.96. The third-order valence-electron chi connectivity index (χ3n) is 3.37. The second-order valence-electron chi connectivity index (χ2n) is 5.12. The molecular formula is C14H22N2O2. The van der Waals surface area contributed by atoms with Gasteiger partial charge in [-0.1, -0.05) is 33.1 Å². The molecule has 0 bridgehead atoms. The zero-order valence-corrected chi connectivity index (χ0v) is 11.6. The van der Waals surface area contributed by atoms with Crippen LogP contribution in [0.15, 0.2) is 0 Å². The van der Waals surface area contributed by atoms with Crippen LogP contribution in [0, 0.1) is 18.3 Å². The third kappa shape index (κ3) is 2.66. The topological polar surface area (TPSA) is 49.4 Å². The Labute approximate surface area is 109 Å². The first-order valence-electron chi connectivity index (χ1n) is 6.52. The molecule has 1 aliphatic heterocycles. The molecule has 1 saturated heterocycles. The van der Waals surface area contributed by atoms with E-state index in [1.807, 2.05) is 20.8 Å². The van der Waals surface area contributed by atoms with Gasteiger partial charge in [0.2, 0.25) is 11.8 Å². The average Bonchev–Trinajstić information content (AvgIpc) is 2.32. The molecule has 3 atom stereocenters. The number of nitrogens with one attached hydrogen (secondary N) is 1. The predicted molar refractivity (Wildman–Crippen MR) is 70.6 cm³/mol. The van der Waals surface area contributed by atoms with E-state index in [9.17, 15) is 9.59 Å². The summed E-state index contributed by atoms with van der Waals surface area (Å²) >= 11 is 0. The molecule has 1 aliphatic rings. The minimum Gasteiger partial charge on any atom is -0.342 e. The zero-order valence-electron chi connectivity index (χ0n) is 11.6. The average molecular weight is 250 g/mol. The van der Waals surface area contributed by atoms with Gasteiger partial charge in [-0.3, -0.25) is 9.59 Å². The van der Waals surface area contributed by atoms with Crippen LogP contribution in [0.1, 0.15) is 40.5 Å². The molecule has 1 N–H and O–H groups in total. The molecule has 1 rings (SSSR count). The van der Waals surface area contributed by atoms with Crippen LogP contribution in [0.4, 0.5) is 0 Å². The molecule has 4 nitrogen and oxygen atoms in total. The lowest BCUT2D eigenvalue weighted by Crippen LogP contribution is -2.65. The summed E-state index contributed by atoms with van der Waals surface area (Å²) in [6.07, 6.45) is 7.12. The fourth-order valence-electron chi connectivity index (χ4n) is 2.26. The minimum absolute atomic E-state index is 0.0616. The molecule has 1 heterocycles. The molecule has 2 amide bonds. The Morgan fingerprint density at radius 2 is 2.06 bits per heavy atom. The molecule has 0 aromatic heterocycles. The fourth-order valence-corrected chi connectivity index (χ4v) is 2.26. The molecule has 0 spiro atoms. The number of piperazine rings is 1. The highest BCUT2D eigenvalue weighted by molar-refractivity contribution is 5.97. The summed E-state index contributed by atoms with van der Waals surface area (Å²) in [5, 5.41) is 2.77. The number of carbonyl (C=O) groups is 2. The molecule has 0 aliphatic carbocycles. The van der Waals surface area contributed by atoms with Crippen LogP contribution in [0.3, 0.4) is 0 Å². The highest BCUT2D eigenvalue weighted by Gasteiger charge is 2.41. The molecule has 0 saturated carbocycles. The lowest BCUT2D eigenvalue weighted by Gasteiger charge is -2.41. The first-order valence-corrected chi connectivity index (χ1v) is 6.52. The van der Waals surface area contributed by atoms with Gasteiger partial charge in [-0.2, -0.15) is 0 Å². The monoisotopic (exact) mass is 250 g/mol. The Bertz CT molecular complexity index is 370. The van der Waals surface area contributed by atoms with Gasteiger partial charge in [0, 0.05) is 0 Å². The summed E-state index contributed by atoms with van der Waals surface area (Å²) in [5.41, 5.74) is 0. The Morgan fingerprint density at radius 3 is 2.50 bits per heavy atom. The van der Waals surface area contributed by atoms with Gasteiger partial charge < -0.3 is 10.2 Å². The van der Waals surface area contributed by atoms with Crippen molar-refractivity contribution in [1.29, 1.82) is 0 Å². The van der Waals surface area contributed by atoms with Gasteiger partial charge in [-0.25, -0.2) is 0 Å². The molecule has 0 aromatic rings. The van der Waals surface area contributed by atoms with Crippen molar-refractivity contribution in [3.63, 3.8) is 0 Å². The van der Waals surface area contributed by atoms with E-state index in [2.05, 4.69) is 11.2 Å². The van der Waals surface area contributed by atoms with Crippen molar-refractivity contribution in [2.24, 2.45) is 5.92 Å². The van der Waals surface area contributed by atoms with Crippen LogP contribution < -0.4 is 5.32 Å². The van der Waals surface area contributed by atoms with Crippen LogP contribution in [0.25, 0.3) is 0 Å². The maximum Gasteiger partial charge on any atom is 0.247 e. The molecular weight excluding hydrogens is 228 g/mol. The van der Waals surface area contributed by atoms with E-state index < -0.39 is 12.1 Å². The smallest absolute Gasteiger partial charge is 0.247 e. The predicted octanol–water partition coefficient (Wildman–Crippen LogP) is 1.16. The van der Waals surface area contributed by atoms with E-state index in [1.165, 1.54) is 0 Å². The van der Waals surface area contributed by atoms with Crippen LogP contribution in [-0.4, -0.2) is 34.8 Å². The summed E-state index contributed by atoms with van der Waals surface area (Å²) in [7, 11) is 0. The van der Waals surface area contributed by atoms with Crippen LogP contribution in [0.5, 0.6) is 0 Å². The quantitative estimate of drug-likeness (QED) is 0.761. The zero-order chi connectivity index (χ0) is 13.9. The van der Waals surface area contributed by atoms with Gasteiger partial charge in [-0.05, 0) is 19.3 Å². The van der Waals surface area contributed by atoms with E-state index in [-0.39, 0.29) is 23.8 Å². The number of nitrogens with zero attached hydrogens (tertiary/aromatic N) is 1. The van der Waals surface area contributed by atoms with Gasteiger partial charge >= 0.3 is 0 Å². The number of rotatable bonds is 4. The maximum absolute atomic E-state index is 12.4. The highest BCUT2D eigenvalue weighted by Crippen LogP contribution is 2.20. The standard InChI is InChI=1S/C14H22N2O2/c1-6-8-11(7-2)16-10(5)13(17)15-12(9(3)4)14(16)18/h2,9-12H,6,8H2,1,3-5H3,(H,15,17). The normalized spacial score (nSPS) is 25.9. The summed E-state index contributed by atoms with van der Waals surface area (Å²) < 4.78 is 0. The Hall–Kier alpha value is -1.50. The van der Waals surface area contributed by atoms with E-state index in [1.54, 1.807) is 11.8 Å². The maximum atomic E-state index is 12.4. The van der Waals surface area contributed by atoms with Crippen molar-refractivity contribution < 1.29 is 9.59 Å². The van der Waals surface area contributed by atoms with Gasteiger partial charge in [0.15, 0.2) is 0 Å². The molecule has 4 heteroatoms. The number of hydrogen-bond donors (Lipinski definition) is 1. The minimum atomic E-state index is -0.486. The number of hydrogen-bond acceptors (Lipinski definition) is 2. The van der Waals surface area contributed by atoms with E-state index in [0.717, 1.165) is 12.8 Å². The van der Waals surface area contributed by atoms with E-state index >= 15 is 0 Å². The van der Waals surface area contributed by atoms with Crippen molar-refractivity contribution in [2.75, 3.05) is 0 Å². The van der Waals surface area contributed by atoms with Crippen molar-refractivity contribution >= 4 is 11.8 Å². The van der Waals surface area contributed by atoms with E-state index in [4.69, 9.17) is 6.42 Å². The van der Waals surface area contributed by atoms with Crippen molar-refractivity contribution in [1.82, 2.24) is 10.2 Å². The molecule has 0 aromatic carbocycles. The molecule has 3 unspecified atom stereocenters. The molecule has 100 valence electrons. The van der Waals surface area contributed by atoms with Crippen LogP contribution in [-0.2, 0) is 9.59 Å². The number of terminal acetylenes is 1. The summed E-state index contributed by atoms with van der Waals surface area (Å²) in [6.45, 7) is 7.58. The second-order valence-corrected chi connectivity index (χ2v) is 5.12. The van der Waals surface area contributed by atoms with Gasteiger partial charge in [-0.15, -0.1) is 6.42 Å². The van der Waals surface area contributed by atoms with Crippen molar-refractivity contribution in [2.45, 2.75) is 58.7 Å². The summed E-state index contributed by atoms with van der Waals surface area (Å²) in [5.74, 6) is 2.52. The Balaban J connectivity index is 3.01. The van der Waals surface area contributed by atoms with Crippen LogP contribution >= 0.6 is 0 Å². The molecule has 1 fully saturated rings. The van der Waals surface area contributed by atoms with Gasteiger partial charge in [0.25, 0.3) is 0 Å². The Morgan fingerprint density at radius 1 is 1.44 bits per heavy atom. The number of carbonyl (C=O) groups excluding carboxylic acids is 2. The summed E-state index contributed by atoms with van der Waals surface area (Å²) in [6, 6.07) is -1.23. The number of amides is 2. The highest BCUT2D eigenvalue weighted by atomic mass is 16.2. The SMILES string of the molecule is C#CC(CCC)N1C(=O)C(C(C)C)NC(=O)C1C. The first-order chi connectivity index (χ1) is 8.43.